The van der Waals surface area contributed by atoms with Crippen LogP contribution in [-0.2, 0) is 6.42 Å². The first-order valence-corrected chi connectivity index (χ1v) is 9.16. The molecule has 4 heteroatoms. The van der Waals surface area contributed by atoms with Gasteiger partial charge in [-0.15, -0.1) is 0 Å². The van der Waals surface area contributed by atoms with Gasteiger partial charge in [0.1, 0.15) is 11.6 Å². The molecule has 0 amide bonds. The van der Waals surface area contributed by atoms with Crippen LogP contribution in [0.25, 0.3) is 0 Å². The second kappa shape index (κ2) is 6.94. The van der Waals surface area contributed by atoms with Crippen molar-refractivity contribution in [3.8, 4) is 5.75 Å². The van der Waals surface area contributed by atoms with E-state index in [1.54, 1.807) is 18.2 Å². The van der Waals surface area contributed by atoms with Gasteiger partial charge in [-0.1, -0.05) is 30.3 Å². The van der Waals surface area contributed by atoms with E-state index in [1.807, 2.05) is 24.3 Å². The first-order valence-electron chi connectivity index (χ1n) is 9.16. The predicted octanol–water partition coefficient (Wildman–Crippen LogP) is 4.84. The Balaban J connectivity index is 1.62. The molecule has 1 N–H and O–H groups in total. The number of halogens is 1. The van der Waals surface area contributed by atoms with Crippen LogP contribution in [0.3, 0.4) is 0 Å². The van der Waals surface area contributed by atoms with Gasteiger partial charge in [0.25, 0.3) is 0 Å². The fourth-order valence-electron chi connectivity index (χ4n) is 3.56. The first-order chi connectivity index (χ1) is 12.6. The zero-order valence-electron chi connectivity index (χ0n) is 14.9. The Morgan fingerprint density at radius 1 is 1.15 bits per heavy atom. The number of rotatable bonds is 5. The van der Waals surface area contributed by atoms with E-state index in [0.29, 0.717) is 5.92 Å². The number of nitrogens with zero attached hydrogens (tertiary/aromatic N) is 2. The fourth-order valence-corrected chi connectivity index (χ4v) is 3.56. The van der Waals surface area contributed by atoms with E-state index >= 15 is 0 Å². The SMILES string of the molecule is CC1=NC(c2ccccc2O)N(CCc2cccc(F)c2)C=C1C1CC1. The third kappa shape index (κ3) is 3.50. The van der Waals surface area contributed by atoms with Crippen LogP contribution >= 0.6 is 0 Å². The summed E-state index contributed by atoms with van der Waals surface area (Å²) in [5, 5.41) is 10.3. The van der Waals surface area contributed by atoms with Crippen molar-refractivity contribution in [2.45, 2.75) is 32.4 Å². The van der Waals surface area contributed by atoms with Gasteiger partial charge in [-0.2, -0.15) is 0 Å². The third-order valence-corrected chi connectivity index (χ3v) is 5.13. The molecule has 0 spiro atoms. The van der Waals surface area contributed by atoms with Crippen LogP contribution in [0.4, 0.5) is 4.39 Å². The van der Waals surface area contributed by atoms with Crippen LogP contribution in [0.5, 0.6) is 5.75 Å². The number of aliphatic imine (C=N–C) groups is 1. The van der Waals surface area contributed by atoms with Crippen LogP contribution in [0.2, 0.25) is 0 Å². The van der Waals surface area contributed by atoms with Crippen molar-refractivity contribution in [1.82, 2.24) is 4.90 Å². The van der Waals surface area contributed by atoms with Gasteiger partial charge in [-0.25, -0.2) is 4.39 Å². The van der Waals surface area contributed by atoms with E-state index in [-0.39, 0.29) is 17.7 Å². The minimum atomic E-state index is -0.243. The van der Waals surface area contributed by atoms with E-state index < -0.39 is 0 Å². The lowest BCUT2D eigenvalue weighted by Crippen LogP contribution is -2.30. The Bertz CT molecular complexity index is 870. The van der Waals surface area contributed by atoms with Crippen molar-refractivity contribution in [2.75, 3.05) is 6.54 Å². The Hall–Kier alpha value is -2.62. The smallest absolute Gasteiger partial charge is 0.150 e. The second-order valence-electron chi connectivity index (χ2n) is 7.12. The van der Waals surface area contributed by atoms with E-state index in [9.17, 15) is 9.50 Å². The van der Waals surface area contributed by atoms with E-state index in [0.717, 1.165) is 29.8 Å². The average Bonchev–Trinajstić information content (AvgIpc) is 3.46. The zero-order valence-corrected chi connectivity index (χ0v) is 14.9. The second-order valence-corrected chi connectivity index (χ2v) is 7.12. The molecule has 1 atom stereocenters. The topological polar surface area (TPSA) is 35.8 Å². The lowest BCUT2D eigenvalue weighted by Gasteiger charge is -2.33. The summed E-state index contributed by atoms with van der Waals surface area (Å²) in [7, 11) is 0. The molecule has 4 rings (SSSR count). The van der Waals surface area contributed by atoms with Crippen LogP contribution < -0.4 is 0 Å². The van der Waals surface area contributed by atoms with Crippen LogP contribution in [0.15, 0.2) is 65.3 Å². The van der Waals surface area contributed by atoms with Gasteiger partial charge in [0, 0.05) is 24.0 Å². The number of benzene rings is 2. The van der Waals surface area contributed by atoms with Crippen LogP contribution in [-0.4, -0.2) is 22.3 Å². The van der Waals surface area contributed by atoms with Gasteiger partial charge in [-0.05, 0) is 61.4 Å². The van der Waals surface area contributed by atoms with Gasteiger partial charge < -0.3 is 10.0 Å². The molecule has 0 aromatic heterocycles. The molecule has 1 saturated carbocycles. The quantitative estimate of drug-likeness (QED) is 0.837. The summed E-state index contributed by atoms with van der Waals surface area (Å²) in [6.45, 7) is 2.77. The van der Waals surface area contributed by atoms with Gasteiger partial charge in [0.15, 0.2) is 6.17 Å². The largest absolute Gasteiger partial charge is 0.508 e. The van der Waals surface area contributed by atoms with E-state index in [1.165, 1.54) is 24.5 Å². The molecule has 26 heavy (non-hydrogen) atoms. The molecular formula is C22H23FN2O. The van der Waals surface area contributed by atoms with Crippen molar-refractivity contribution >= 4 is 5.71 Å². The molecule has 3 nitrogen and oxygen atoms in total. The normalized spacial score (nSPS) is 19.9. The maximum Gasteiger partial charge on any atom is 0.150 e. The molecule has 2 aromatic rings. The highest BCUT2D eigenvalue weighted by Crippen LogP contribution is 2.41. The molecule has 0 radical (unpaired) electrons. The highest BCUT2D eigenvalue weighted by atomic mass is 19.1. The molecule has 1 aliphatic heterocycles. The van der Waals surface area contributed by atoms with Gasteiger partial charge in [0.05, 0.1) is 0 Å². The Morgan fingerprint density at radius 3 is 2.69 bits per heavy atom. The van der Waals surface area contributed by atoms with E-state index in [4.69, 9.17) is 4.99 Å². The average molecular weight is 350 g/mol. The molecule has 1 heterocycles. The number of phenols is 1. The summed E-state index contributed by atoms with van der Waals surface area (Å²) in [4.78, 5) is 7.09. The Morgan fingerprint density at radius 2 is 1.96 bits per heavy atom. The number of para-hydroxylation sites is 1. The monoisotopic (exact) mass is 350 g/mol. The van der Waals surface area contributed by atoms with Gasteiger partial charge in [-0.3, -0.25) is 4.99 Å². The van der Waals surface area contributed by atoms with Crippen molar-refractivity contribution in [3.63, 3.8) is 0 Å². The standard InChI is InChI=1S/C22H23FN2O/c1-15-20(17-9-10-17)14-25(12-11-16-5-4-6-18(23)13-16)22(24-15)19-7-2-3-8-21(19)26/h2-8,13-14,17,22,26H,9-12H2,1H3. The number of phenolic OH excluding ortho intramolecular Hbond substituents is 1. The molecule has 1 aliphatic carbocycles. The van der Waals surface area contributed by atoms with Crippen LogP contribution in [0, 0.1) is 11.7 Å². The third-order valence-electron chi connectivity index (χ3n) is 5.13. The number of hydrogen-bond donors (Lipinski definition) is 1. The molecule has 2 aromatic carbocycles. The maximum atomic E-state index is 13.5. The highest BCUT2D eigenvalue weighted by molar-refractivity contribution is 5.99. The predicted molar refractivity (Wildman–Crippen MR) is 102 cm³/mol. The fraction of sp³-hybridized carbons (Fsp3) is 0.318. The van der Waals surface area contributed by atoms with Crippen molar-refractivity contribution < 1.29 is 9.50 Å². The lowest BCUT2D eigenvalue weighted by atomic mass is 10.0. The van der Waals surface area contributed by atoms with Gasteiger partial charge in [0.2, 0.25) is 0 Å². The summed E-state index contributed by atoms with van der Waals surface area (Å²) in [6, 6.07) is 14.1. The van der Waals surface area contributed by atoms with E-state index in [2.05, 4.69) is 18.0 Å². The summed E-state index contributed by atoms with van der Waals surface area (Å²) in [5.41, 5.74) is 4.13. The zero-order chi connectivity index (χ0) is 18.1. The molecule has 0 bridgehead atoms. The summed E-state index contributed by atoms with van der Waals surface area (Å²) in [6.07, 6.45) is 5.13. The minimum Gasteiger partial charge on any atom is -0.508 e. The first kappa shape index (κ1) is 16.8. The Kier molecular flexibility index (Phi) is 4.49. The highest BCUT2D eigenvalue weighted by Gasteiger charge is 2.33. The summed E-state index contributed by atoms with van der Waals surface area (Å²) >= 11 is 0. The minimum absolute atomic E-state index is 0.207. The van der Waals surface area contributed by atoms with Crippen molar-refractivity contribution in [2.24, 2.45) is 10.9 Å². The number of aromatic hydroxyl groups is 1. The number of hydrogen-bond acceptors (Lipinski definition) is 3. The molecular weight excluding hydrogens is 327 g/mol. The molecule has 134 valence electrons. The summed E-state index contributed by atoms with van der Waals surface area (Å²) < 4.78 is 13.5. The summed E-state index contributed by atoms with van der Waals surface area (Å²) in [5.74, 6) is 0.662. The lowest BCUT2D eigenvalue weighted by molar-refractivity contribution is 0.277. The molecule has 1 fully saturated rings. The Labute approximate surface area is 153 Å². The molecule has 1 unspecified atom stereocenters. The van der Waals surface area contributed by atoms with Crippen molar-refractivity contribution in [1.29, 1.82) is 0 Å². The molecule has 2 aliphatic rings. The molecule has 0 saturated heterocycles. The van der Waals surface area contributed by atoms with Gasteiger partial charge >= 0.3 is 0 Å². The van der Waals surface area contributed by atoms with Crippen LogP contribution in [0.1, 0.15) is 37.1 Å². The number of allylic oxidation sites excluding steroid dienone is 1. The maximum absolute atomic E-state index is 13.5. The van der Waals surface area contributed by atoms with Crippen molar-refractivity contribution in [3.05, 3.63) is 77.2 Å².